The van der Waals surface area contributed by atoms with Gasteiger partial charge in [-0.25, -0.2) is 29.1 Å². The molecule has 4 aliphatic carbocycles. The van der Waals surface area contributed by atoms with Crippen LogP contribution in [0.5, 0.6) is 0 Å². The number of hydrogen-bond donors (Lipinski definition) is 7. The summed E-state index contributed by atoms with van der Waals surface area (Å²) in [6.45, 7) is 28.0. The molecule has 8 heterocycles. The van der Waals surface area contributed by atoms with Crippen LogP contribution < -0.4 is 21.3 Å². The number of anilines is 4. The zero-order valence-electron chi connectivity index (χ0n) is 75.6. The predicted octanol–water partition coefficient (Wildman–Crippen LogP) is 18.6. The Bertz CT molecular complexity index is 5440. The van der Waals surface area contributed by atoms with Crippen LogP contribution in [0.25, 0.3) is 32.0 Å². The van der Waals surface area contributed by atoms with E-state index in [1.165, 1.54) is 78.1 Å². The van der Waals surface area contributed by atoms with Gasteiger partial charge in [0, 0.05) is 209 Å². The van der Waals surface area contributed by atoms with Gasteiger partial charge in [0.05, 0.1) is 6.20 Å². The molecule has 0 bridgehead atoms. The first-order valence-corrected chi connectivity index (χ1v) is 44.3. The zero-order chi connectivity index (χ0) is 90.5. The first-order valence-electron chi connectivity index (χ1n) is 44.3. The van der Waals surface area contributed by atoms with Gasteiger partial charge in [-0.05, 0) is 220 Å². The van der Waals surface area contributed by atoms with Crippen LogP contribution in [0.15, 0.2) is 128 Å². The van der Waals surface area contributed by atoms with Crippen molar-refractivity contribution in [3.05, 3.63) is 230 Å². The van der Waals surface area contributed by atoms with Crippen LogP contribution in [0.4, 0.5) is 53.6 Å². The number of nitrogens with one attached hydrogen (secondary N) is 7. The lowest BCUT2D eigenvalue weighted by Gasteiger charge is -2.37. The lowest BCUT2D eigenvalue weighted by molar-refractivity contribution is 0.100. The minimum atomic E-state index is -0.372. The van der Waals surface area contributed by atoms with Gasteiger partial charge in [-0.3, -0.25) is 24.2 Å². The Morgan fingerprint density at radius 3 is 1.13 bits per heavy atom. The van der Waals surface area contributed by atoms with Crippen molar-refractivity contribution in [2.45, 2.75) is 161 Å². The van der Waals surface area contributed by atoms with E-state index in [2.05, 4.69) is 135 Å². The van der Waals surface area contributed by atoms with Crippen molar-refractivity contribution in [1.82, 2.24) is 73.7 Å². The highest BCUT2D eigenvalue weighted by Gasteiger charge is 2.35. The molecule has 4 fully saturated rings. The summed E-state index contributed by atoms with van der Waals surface area (Å²) in [4.78, 5) is 142. The number of urea groups is 4. The van der Waals surface area contributed by atoms with Crippen molar-refractivity contribution in [2.75, 3.05) is 130 Å². The molecule has 8 aliphatic rings. The fourth-order valence-corrected chi connectivity index (χ4v) is 18.3. The molecule has 16 rings (SSSR count). The molecule has 127 heavy (non-hydrogen) atoms. The Balaban J connectivity index is 0.000000145. The number of imidazole rings is 3. The van der Waals surface area contributed by atoms with Crippen LogP contribution >= 0.6 is 0 Å². The van der Waals surface area contributed by atoms with Gasteiger partial charge in [-0.1, -0.05) is 93.4 Å². The summed E-state index contributed by atoms with van der Waals surface area (Å²) in [7, 11) is 16.4. The summed E-state index contributed by atoms with van der Waals surface area (Å²) < 4.78 is 1.57. The molecule has 0 atom stereocenters. The van der Waals surface area contributed by atoms with E-state index in [-0.39, 0.29) is 100 Å². The molecule has 12 amide bonds. The number of aromatic amines is 3. The van der Waals surface area contributed by atoms with Gasteiger partial charge < -0.3 is 84.7 Å². The second-order valence-electron chi connectivity index (χ2n) is 36.1. The molecular formula is C98H121N21O8. The number of allylic oxidation sites excluding steroid dienone is 8. The normalized spacial score (nSPS) is 18.0. The van der Waals surface area contributed by atoms with Gasteiger partial charge in [0.1, 0.15) is 5.69 Å². The second-order valence-corrected chi connectivity index (χ2v) is 36.1. The lowest BCUT2D eigenvalue weighted by Crippen LogP contribution is -2.48. The molecule has 0 spiro atoms. The second kappa shape index (κ2) is 40.8. The third kappa shape index (κ3) is 22.5. The van der Waals surface area contributed by atoms with Crippen molar-refractivity contribution in [3.8, 4) is 0 Å². The van der Waals surface area contributed by atoms with E-state index in [0.717, 1.165) is 138 Å². The molecule has 666 valence electrons. The molecule has 4 aliphatic heterocycles. The van der Waals surface area contributed by atoms with Gasteiger partial charge >= 0.3 is 35.9 Å². The number of aryl methyl sites for hydroxylation is 3. The molecule has 29 nitrogen and oxygen atoms in total. The van der Waals surface area contributed by atoms with Crippen LogP contribution in [0.1, 0.15) is 245 Å². The summed E-state index contributed by atoms with van der Waals surface area (Å²) in [5.41, 5.74) is 19.8. The standard InChI is InChI=1S/C26H32N6O2.C25H32N4O2.C24H31N5O2.C23H26N6O2/c1-26(2)11-9-17(10-12-26)20-13-18(19-14-31(5)25(34)32(6)15-19)7-8-21(20)28-24(33)23-29-22(27-3)16-30(23)4;1-17-12-23(26-14-17)24(30)27-22-11-10-19(20-15-28(2)25(31)29(3)16-20)13-21(22)18-8-6-4-5-7-9-18;1-16-13-25-22(26-16)23(30)27-21-11-10-18(19-14-28(2)24(31)29(3)15-19)12-20(21)17-8-6-4-5-7-9-17;1-24-20-12-25-21(27-20)22(30)26-19-10-9-16(11-18(19)15-7-5-4-6-8-15)17-13-28(2)23(31)29(3)14-17/h7-9,13,16,19H,10-12,14-15H2,1-2,4-6H3,(H,28,33);8,10-14,20,26H,4-7,9,15-16H2,1-3H3,(H,27,30);8,10-13,19H,4-7,9,14-15H2,1-3H3,(H,25,26)(H,27,30);7,9-12,17H,4-6,8,13-14H2,2-3H3,(H,25,27)(H,26,30). The Kier molecular flexibility index (Phi) is 29.3. The van der Waals surface area contributed by atoms with Crippen LogP contribution in [-0.2, 0) is 7.05 Å². The zero-order valence-corrected chi connectivity index (χ0v) is 75.6. The Hall–Kier alpha value is -13.3. The molecule has 0 unspecified atom stereocenters. The molecule has 8 aromatic rings. The summed E-state index contributed by atoms with van der Waals surface area (Å²) >= 11 is 0. The number of nitrogens with zero attached hydrogens (tertiary/aromatic N) is 14. The van der Waals surface area contributed by atoms with E-state index >= 15 is 0 Å². The quantitative estimate of drug-likeness (QED) is 0.0446. The molecule has 29 heteroatoms. The molecule has 0 saturated carbocycles. The van der Waals surface area contributed by atoms with Crippen LogP contribution in [0.3, 0.4) is 0 Å². The topological polar surface area (TPSA) is 310 Å². The number of hydrogen-bond acceptors (Lipinski definition) is 11. The minimum Gasteiger partial charge on any atom is -0.363 e. The summed E-state index contributed by atoms with van der Waals surface area (Å²) in [6.07, 6.45) is 34.3. The first-order chi connectivity index (χ1) is 60.9. The number of aromatic nitrogens is 7. The number of rotatable bonds is 16. The van der Waals surface area contributed by atoms with Gasteiger partial charge in [0.25, 0.3) is 29.3 Å². The summed E-state index contributed by atoms with van der Waals surface area (Å²) in [5, 5.41) is 12.2. The fourth-order valence-electron chi connectivity index (χ4n) is 18.3. The molecule has 4 aromatic heterocycles. The average molecular weight is 1720 g/mol. The Morgan fingerprint density at radius 2 is 0.795 bits per heavy atom. The van der Waals surface area contributed by atoms with E-state index in [4.69, 9.17) is 13.1 Å². The minimum absolute atomic E-state index is 0.0337. The van der Waals surface area contributed by atoms with Gasteiger partial charge in [-0.2, -0.15) is 0 Å². The molecular weight excluding hydrogens is 1600 g/mol. The number of likely N-dealkylation sites (N-methyl/N-ethyl adjacent to an activating group) is 8. The van der Waals surface area contributed by atoms with Crippen molar-refractivity contribution >= 4 is 104 Å². The summed E-state index contributed by atoms with van der Waals surface area (Å²) in [6, 6.07) is 27.0. The van der Waals surface area contributed by atoms with E-state index in [0.29, 0.717) is 63.9 Å². The van der Waals surface area contributed by atoms with E-state index in [1.807, 2.05) is 119 Å². The third-order valence-corrected chi connectivity index (χ3v) is 25.4. The number of benzene rings is 4. The number of carbonyl (C=O) groups is 8. The summed E-state index contributed by atoms with van der Waals surface area (Å²) in [5.74, 6) is 0.851. The lowest BCUT2D eigenvalue weighted by atomic mass is 9.76. The number of carbonyl (C=O) groups excluding carboxylic acids is 8. The average Bonchev–Trinajstić information content (AvgIpc) is 1.38. The van der Waals surface area contributed by atoms with Crippen molar-refractivity contribution in [3.63, 3.8) is 0 Å². The van der Waals surface area contributed by atoms with Gasteiger partial charge in [0.2, 0.25) is 5.82 Å². The van der Waals surface area contributed by atoms with Crippen LogP contribution in [-0.4, -0.2) is 230 Å². The smallest absolute Gasteiger partial charge is 0.319 e. The van der Waals surface area contributed by atoms with Crippen molar-refractivity contribution in [1.29, 1.82) is 0 Å². The first kappa shape index (κ1) is 91.4. The van der Waals surface area contributed by atoms with Crippen molar-refractivity contribution in [2.24, 2.45) is 12.5 Å². The van der Waals surface area contributed by atoms with E-state index in [9.17, 15) is 38.4 Å². The maximum atomic E-state index is 13.0. The number of H-pyrrole nitrogens is 3. The number of amides is 12. The maximum absolute atomic E-state index is 13.0. The van der Waals surface area contributed by atoms with E-state index < -0.39 is 0 Å². The van der Waals surface area contributed by atoms with E-state index in [1.54, 1.807) is 63.2 Å². The highest BCUT2D eigenvalue weighted by molar-refractivity contribution is 6.07. The van der Waals surface area contributed by atoms with Gasteiger partial charge in [0.15, 0.2) is 5.82 Å². The highest BCUT2D eigenvalue weighted by Crippen LogP contribution is 2.44. The third-order valence-electron chi connectivity index (χ3n) is 25.4. The molecule has 7 N–H and O–H groups in total. The Morgan fingerprint density at radius 1 is 0.433 bits per heavy atom. The molecule has 0 radical (unpaired) electrons. The predicted molar refractivity (Wildman–Crippen MR) is 499 cm³/mol. The largest absolute Gasteiger partial charge is 0.363 e. The maximum Gasteiger partial charge on any atom is 0.319 e. The SMILES string of the molecule is Cc1c[nH]c(C(=O)Nc2ccc(C3CN(C)C(=O)N(C)C3)cc2C2=CCCCCC2)c1.Cc1cnc(C(=O)Nc2ccc(C3CN(C)C(=O)N(C)C3)cc2C2=CCCCCC2)[nH]1.[C-]#[N+]c1cn(C)c(C(=O)Nc2ccc(C3CN(C)C(=O)N(C)C3)cc2C2=CCC(C)(C)CC2)n1.[C-]#[N+]c1cnc(C(=O)Nc2ccc(C3CN(C)C(=O)N(C)C3)cc2C2=CCCCC2)[nH]1. The molecule has 4 saturated heterocycles. The fraction of sp³-hybridized carbons (Fsp3) is 0.439. The van der Waals surface area contributed by atoms with Crippen molar-refractivity contribution < 1.29 is 38.4 Å². The molecule has 4 aromatic carbocycles. The van der Waals surface area contributed by atoms with Crippen LogP contribution in [0, 0.1) is 32.4 Å². The monoisotopic (exact) mass is 1720 g/mol. The van der Waals surface area contributed by atoms with Crippen LogP contribution in [0.2, 0.25) is 0 Å². The Labute approximate surface area is 745 Å². The highest BCUT2D eigenvalue weighted by atomic mass is 16.2. The van der Waals surface area contributed by atoms with Gasteiger partial charge in [-0.15, -0.1) is 0 Å².